The molecule has 176 valence electrons. The van der Waals surface area contributed by atoms with Gasteiger partial charge >= 0.3 is 0 Å². The van der Waals surface area contributed by atoms with Crippen molar-refractivity contribution < 1.29 is 23.2 Å². The second-order valence-electron chi connectivity index (χ2n) is 7.48. The molecule has 0 spiro atoms. The number of halogens is 2. The number of hydrogen-bond acceptors (Lipinski definition) is 7. The fraction of sp³-hybridized carbons (Fsp3) is 0.0833. The Morgan fingerprint density at radius 3 is 2.71 bits per heavy atom. The van der Waals surface area contributed by atoms with Crippen LogP contribution in [0.15, 0.2) is 76.1 Å². The molecule has 1 aromatic heterocycles. The molecule has 0 amide bonds. The van der Waals surface area contributed by atoms with Gasteiger partial charge in [0, 0.05) is 34.7 Å². The van der Waals surface area contributed by atoms with Gasteiger partial charge in [0.2, 0.25) is 11.6 Å². The third-order valence-corrected chi connectivity index (χ3v) is 6.02. The highest BCUT2D eigenvalue weighted by Crippen LogP contribution is 2.33. The first-order chi connectivity index (χ1) is 16.9. The van der Waals surface area contributed by atoms with E-state index in [2.05, 4.69) is 4.99 Å². The molecule has 0 aliphatic carbocycles. The standard InChI is InChI=1S/C24H16F2N4O4S/c1-14(15-5-8-22-23(10-15)34-13-33-22)28-29-21(16-3-2-4-18(9-16)30(31)32)12-35-24(29)27-20-7-6-17(25)11-19(20)26/h2-12H,13H2,1H3. The van der Waals surface area contributed by atoms with Crippen molar-refractivity contribution >= 4 is 28.4 Å². The Morgan fingerprint density at radius 2 is 1.91 bits per heavy atom. The zero-order valence-corrected chi connectivity index (χ0v) is 19.0. The molecule has 8 nitrogen and oxygen atoms in total. The van der Waals surface area contributed by atoms with Gasteiger partial charge in [-0.05, 0) is 37.3 Å². The van der Waals surface area contributed by atoms with Gasteiger partial charge in [0.25, 0.3) is 5.69 Å². The summed E-state index contributed by atoms with van der Waals surface area (Å²) in [5.41, 5.74) is 2.22. The normalized spacial score (nSPS) is 13.3. The average molecular weight is 494 g/mol. The third kappa shape index (κ3) is 4.53. The molecule has 1 aliphatic rings. The predicted molar refractivity (Wildman–Crippen MR) is 126 cm³/mol. The molecule has 2 heterocycles. The van der Waals surface area contributed by atoms with Crippen LogP contribution in [0.25, 0.3) is 11.3 Å². The Hall–Kier alpha value is -4.38. The van der Waals surface area contributed by atoms with E-state index in [9.17, 15) is 18.9 Å². The van der Waals surface area contributed by atoms with E-state index < -0.39 is 16.6 Å². The summed E-state index contributed by atoms with van der Waals surface area (Å²) in [6, 6.07) is 14.6. The lowest BCUT2D eigenvalue weighted by Gasteiger charge is -2.07. The Bertz CT molecular complexity index is 1560. The predicted octanol–water partition coefficient (Wildman–Crippen LogP) is 5.64. The van der Waals surface area contributed by atoms with E-state index in [4.69, 9.17) is 14.6 Å². The minimum absolute atomic E-state index is 0.0662. The number of nitrogens with zero attached hydrogens (tertiary/aromatic N) is 4. The number of non-ortho nitro benzene ring substituents is 1. The number of thiazole rings is 1. The smallest absolute Gasteiger partial charge is 0.270 e. The van der Waals surface area contributed by atoms with Crippen LogP contribution in [0.2, 0.25) is 0 Å². The number of rotatable bonds is 5. The summed E-state index contributed by atoms with van der Waals surface area (Å²) in [5.74, 6) is -0.318. The van der Waals surface area contributed by atoms with Crippen LogP contribution in [0.3, 0.4) is 0 Å². The van der Waals surface area contributed by atoms with Crippen molar-refractivity contribution in [2.75, 3.05) is 6.79 Å². The molecule has 0 unspecified atom stereocenters. The molecule has 3 aromatic carbocycles. The molecule has 0 radical (unpaired) electrons. The number of ether oxygens (including phenoxy) is 2. The van der Waals surface area contributed by atoms with E-state index in [1.807, 2.05) is 6.07 Å². The van der Waals surface area contributed by atoms with Gasteiger partial charge in [-0.25, -0.2) is 18.4 Å². The monoisotopic (exact) mass is 494 g/mol. The van der Waals surface area contributed by atoms with Crippen LogP contribution < -0.4 is 14.3 Å². The first-order valence-electron chi connectivity index (χ1n) is 10.3. The molecule has 0 fully saturated rings. The molecule has 5 rings (SSSR count). The van der Waals surface area contributed by atoms with Crippen molar-refractivity contribution in [1.82, 2.24) is 4.68 Å². The molecule has 1 aliphatic heterocycles. The fourth-order valence-electron chi connectivity index (χ4n) is 3.46. The zero-order chi connectivity index (χ0) is 24.5. The van der Waals surface area contributed by atoms with E-state index in [-0.39, 0.29) is 23.0 Å². The maximum atomic E-state index is 14.3. The van der Waals surface area contributed by atoms with Crippen LogP contribution >= 0.6 is 11.3 Å². The summed E-state index contributed by atoms with van der Waals surface area (Å²) in [6.45, 7) is 1.92. The largest absolute Gasteiger partial charge is 0.454 e. The lowest BCUT2D eigenvalue weighted by molar-refractivity contribution is -0.384. The molecule has 0 saturated carbocycles. The van der Waals surface area contributed by atoms with Gasteiger partial charge in [0.15, 0.2) is 17.3 Å². The summed E-state index contributed by atoms with van der Waals surface area (Å²) in [7, 11) is 0. The van der Waals surface area contributed by atoms with Crippen molar-refractivity contribution in [1.29, 1.82) is 0 Å². The minimum atomic E-state index is -0.821. The maximum Gasteiger partial charge on any atom is 0.270 e. The van der Waals surface area contributed by atoms with E-state index >= 15 is 0 Å². The van der Waals surface area contributed by atoms with Gasteiger partial charge in [-0.1, -0.05) is 12.1 Å². The van der Waals surface area contributed by atoms with Crippen LogP contribution in [0.4, 0.5) is 20.2 Å². The van der Waals surface area contributed by atoms with Crippen molar-refractivity contribution in [3.05, 3.63) is 98.2 Å². The summed E-state index contributed by atoms with van der Waals surface area (Å²) in [4.78, 5) is 15.4. The Morgan fingerprint density at radius 1 is 1.09 bits per heavy atom. The molecular formula is C24H16F2N4O4S. The third-order valence-electron chi connectivity index (χ3n) is 5.20. The van der Waals surface area contributed by atoms with Crippen molar-refractivity contribution in [2.45, 2.75) is 6.92 Å². The van der Waals surface area contributed by atoms with Gasteiger partial charge in [0.05, 0.1) is 16.3 Å². The summed E-state index contributed by atoms with van der Waals surface area (Å²) in [5, 5.41) is 17.7. The number of fused-ring (bicyclic) bond motifs is 1. The van der Waals surface area contributed by atoms with Crippen LogP contribution in [0.5, 0.6) is 11.5 Å². The SMILES string of the molecule is CC(=Nn1c(-c2cccc([N+](=O)[O-])c2)csc1=Nc1ccc(F)cc1F)c1ccc2c(c1)OCO2. The first kappa shape index (κ1) is 22.4. The highest BCUT2D eigenvalue weighted by Gasteiger charge is 2.16. The molecule has 0 bridgehead atoms. The summed E-state index contributed by atoms with van der Waals surface area (Å²) < 4.78 is 40.0. The highest BCUT2D eigenvalue weighted by molar-refractivity contribution is 7.07. The number of nitro benzene ring substituents is 1. The average Bonchev–Trinajstić information content (AvgIpc) is 3.47. The topological polar surface area (TPSA) is 91.2 Å². The van der Waals surface area contributed by atoms with E-state index in [1.165, 1.54) is 22.9 Å². The fourth-order valence-corrected chi connectivity index (χ4v) is 4.30. The number of benzene rings is 3. The van der Waals surface area contributed by atoms with Crippen LogP contribution in [0.1, 0.15) is 12.5 Å². The summed E-state index contributed by atoms with van der Waals surface area (Å²) >= 11 is 1.16. The van der Waals surface area contributed by atoms with Gasteiger partial charge < -0.3 is 9.47 Å². The maximum absolute atomic E-state index is 14.3. The van der Waals surface area contributed by atoms with Crippen molar-refractivity contribution in [3.8, 4) is 22.8 Å². The van der Waals surface area contributed by atoms with E-state index in [0.29, 0.717) is 28.5 Å². The number of nitro groups is 1. The van der Waals surface area contributed by atoms with Gasteiger partial charge in [-0.2, -0.15) is 5.10 Å². The number of aromatic nitrogens is 1. The minimum Gasteiger partial charge on any atom is -0.454 e. The summed E-state index contributed by atoms with van der Waals surface area (Å²) in [6.07, 6.45) is 0. The molecule has 35 heavy (non-hydrogen) atoms. The van der Waals surface area contributed by atoms with E-state index in [1.54, 1.807) is 36.6 Å². The van der Waals surface area contributed by atoms with Crippen LogP contribution in [-0.4, -0.2) is 22.1 Å². The first-order valence-corrected chi connectivity index (χ1v) is 11.2. The molecule has 4 aromatic rings. The molecule has 11 heteroatoms. The van der Waals surface area contributed by atoms with Crippen molar-refractivity contribution in [3.63, 3.8) is 0 Å². The second kappa shape index (κ2) is 9.11. The second-order valence-corrected chi connectivity index (χ2v) is 8.32. The Labute approximate surface area is 201 Å². The van der Waals surface area contributed by atoms with Gasteiger partial charge in [-0.3, -0.25) is 10.1 Å². The molecule has 0 atom stereocenters. The Balaban J connectivity index is 1.68. The lowest BCUT2D eigenvalue weighted by Crippen LogP contribution is -2.14. The van der Waals surface area contributed by atoms with Crippen LogP contribution in [0, 0.1) is 21.7 Å². The number of hydrogen-bond donors (Lipinski definition) is 0. The van der Waals surface area contributed by atoms with Crippen molar-refractivity contribution in [2.24, 2.45) is 10.1 Å². The Kier molecular flexibility index (Phi) is 5.83. The molecule has 0 saturated heterocycles. The molecular weight excluding hydrogens is 478 g/mol. The zero-order valence-electron chi connectivity index (χ0n) is 18.1. The molecule has 0 N–H and O–H groups in total. The van der Waals surface area contributed by atoms with Crippen LogP contribution in [-0.2, 0) is 0 Å². The highest BCUT2D eigenvalue weighted by atomic mass is 32.1. The lowest BCUT2D eigenvalue weighted by atomic mass is 10.1. The van der Waals surface area contributed by atoms with Gasteiger partial charge in [0.1, 0.15) is 11.5 Å². The van der Waals surface area contributed by atoms with E-state index in [0.717, 1.165) is 29.0 Å². The quantitative estimate of drug-likeness (QED) is 0.204. The van der Waals surface area contributed by atoms with Gasteiger partial charge in [-0.15, -0.1) is 11.3 Å².